The van der Waals surface area contributed by atoms with E-state index in [9.17, 15) is 4.79 Å². The number of methoxy groups -OCH3 is 1. The molecule has 0 aliphatic heterocycles. The van der Waals surface area contributed by atoms with Crippen molar-refractivity contribution in [1.29, 1.82) is 0 Å². The smallest absolute Gasteiger partial charge is 0.254 e. The molecule has 2 aromatic carbocycles. The number of hydrogen-bond acceptors (Lipinski definition) is 3. The second-order valence-corrected chi connectivity index (χ2v) is 9.02. The summed E-state index contributed by atoms with van der Waals surface area (Å²) in [7, 11) is 1.57. The average Bonchev–Trinajstić information content (AvgIpc) is 2.60. The van der Waals surface area contributed by atoms with E-state index < -0.39 is 15.9 Å². The zero-order chi connectivity index (χ0) is 20.9. The Morgan fingerprint density at radius 2 is 1.71 bits per heavy atom. The Hall–Kier alpha value is -1.15. The Morgan fingerprint density at radius 3 is 2.25 bits per heavy atom. The molecule has 0 fully saturated rings. The number of ether oxygens (including phenoxy) is 1. The number of carbonyl (C=O) groups is 1. The Kier molecular flexibility index (Phi) is 8.30. The maximum atomic E-state index is 12.5. The van der Waals surface area contributed by atoms with Crippen LogP contribution in [0.4, 0.5) is 5.69 Å². The summed E-state index contributed by atoms with van der Waals surface area (Å²) in [5.41, 5.74) is 0.842. The van der Waals surface area contributed by atoms with E-state index in [4.69, 9.17) is 75.0 Å². The third-order valence-corrected chi connectivity index (χ3v) is 4.82. The van der Waals surface area contributed by atoms with Crippen LogP contribution in [0.2, 0.25) is 10.0 Å². The highest BCUT2D eigenvalue weighted by Gasteiger charge is 2.35. The monoisotopic (exact) mass is 499 g/mol. The van der Waals surface area contributed by atoms with Gasteiger partial charge in [-0.2, -0.15) is 0 Å². The van der Waals surface area contributed by atoms with Gasteiger partial charge in [0.05, 0.1) is 17.7 Å². The summed E-state index contributed by atoms with van der Waals surface area (Å²) in [6.07, 6.45) is -1.14. The fraction of sp³-hybridized carbons (Fsp3) is 0.176. The predicted octanol–water partition coefficient (Wildman–Crippen LogP) is 5.41. The molecule has 2 rings (SSSR count). The highest BCUT2D eigenvalue weighted by atomic mass is 35.6. The molecular weight excluding hydrogens is 488 g/mol. The molecule has 0 unspecified atom stereocenters. The van der Waals surface area contributed by atoms with Crippen molar-refractivity contribution >= 4 is 86.9 Å². The van der Waals surface area contributed by atoms with E-state index in [0.29, 0.717) is 16.5 Å². The molecule has 5 nitrogen and oxygen atoms in total. The maximum absolute atomic E-state index is 12.5. The van der Waals surface area contributed by atoms with Gasteiger partial charge in [0.1, 0.15) is 11.9 Å². The van der Waals surface area contributed by atoms with E-state index in [2.05, 4.69) is 16.0 Å². The summed E-state index contributed by atoms with van der Waals surface area (Å²) in [5.74, 6) is 0.119. The van der Waals surface area contributed by atoms with Crippen molar-refractivity contribution in [2.45, 2.75) is 9.96 Å². The second kappa shape index (κ2) is 10.1. The predicted molar refractivity (Wildman–Crippen MR) is 120 cm³/mol. The van der Waals surface area contributed by atoms with Crippen LogP contribution in [0.1, 0.15) is 10.4 Å². The third kappa shape index (κ3) is 6.72. The molecule has 0 radical (unpaired) electrons. The van der Waals surface area contributed by atoms with E-state index >= 15 is 0 Å². The average molecular weight is 502 g/mol. The number of anilines is 1. The minimum absolute atomic E-state index is 0.129. The minimum Gasteiger partial charge on any atom is -0.497 e. The van der Waals surface area contributed by atoms with Gasteiger partial charge in [-0.15, -0.1) is 0 Å². The highest BCUT2D eigenvalue weighted by Crippen LogP contribution is 2.30. The summed E-state index contributed by atoms with van der Waals surface area (Å²) in [5, 5.41) is 8.91. The first kappa shape index (κ1) is 23.1. The van der Waals surface area contributed by atoms with Gasteiger partial charge in [0.15, 0.2) is 5.11 Å². The molecule has 150 valence electrons. The maximum Gasteiger partial charge on any atom is 0.254 e. The van der Waals surface area contributed by atoms with Gasteiger partial charge in [0, 0.05) is 10.7 Å². The van der Waals surface area contributed by atoms with E-state index in [-0.39, 0.29) is 15.7 Å². The number of halogens is 5. The number of alkyl halides is 3. The quantitative estimate of drug-likeness (QED) is 0.290. The van der Waals surface area contributed by atoms with Gasteiger partial charge in [-0.1, -0.05) is 58.0 Å². The molecule has 0 heterocycles. The van der Waals surface area contributed by atoms with Crippen LogP contribution in [0.15, 0.2) is 42.5 Å². The van der Waals surface area contributed by atoms with Crippen molar-refractivity contribution in [2.24, 2.45) is 0 Å². The van der Waals surface area contributed by atoms with Gasteiger partial charge in [-0.05, 0) is 54.7 Å². The number of thiocarbonyl (C=S) groups is 1. The standard InChI is InChI=1S/C17H14Cl5N3O2S/c1-27-11-5-3-10(4-6-11)23-16(28)25-15(17(20,21)22)24-14(26)12-7-2-9(18)8-13(12)19/h2-8,15H,1H3,(H,24,26)(H2,23,25,28)/t15-/m1/s1. The Bertz CT molecular complexity index is 859. The zero-order valence-electron chi connectivity index (χ0n) is 14.2. The molecular formula is C17H14Cl5N3O2S. The molecule has 0 saturated carbocycles. The molecule has 1 amide bonds. The van der Waals surface area contributed by atoms with E-state index in [1.54, 1.807) is 31.4 Å². The molecule has 0 aromatic heterocycles. The number of benzene rings is 2. The van der Waals surface area contributed by atoms with Crippen LogP contribution >= 0.6 is 70.2 Å². The summed E-state index contributed by atoms with van der Waals surface area (Å²) in [4.78, 5) is 12.5. The van der Waals surface area contributed by atoms with E-state index in [0.717, 1.165) is 0 Å². The van der Waals surface area contributed by atoms with Crippen molar-refractivity contribution in [3.05, 3.63) is 58.1 Å². The number of nitrogens with one attached hydrogen (secondary N) is 3. The molecule has 0 aliphatic rings. The zero-order valence-corrected chi connectivity index (χ0v) is 18.8. The lowest BCUT2D eigenvalue weighted by atomic mass is 10.2. The number of carbonyl (C=O) groups excluding carboxylic acids is 1. The van der Waals surface area contributed by atoms with Crippen LogP contribution in [-0.2, 0) is 0 Å². The molecule has 11 heteroatoms. The SMILES string of the molecule is COc1ccc(NC(=S)N[C@@H](NC(=O)c2ccc(Cl)cc2Cl)C(Cl)(Cl)Cl)cc1. The van der Waals surface area contributed by atoms with Gasteiger partial charge in [0.25, 0.3) is 5.91 Å². The molecule has 3 N–H and O–H groups in total. The molecule has 0 bridgehead atoms. The van der Waals surface area contributed by atoms with Gasteiger partial charge < -0.3 is 20.7 Å². The van der Waals surface area contributed by atoms with Crippen LogP contribution in [0.25, 0.3) is 0 Å². The summed E-state index contributed by atoms with van der Waals surface area (Å²) in [6, 6.07) is 11.4. The van der Waals surface area contributed by atoms with Crippen molar-refractivity contribution in [2.75, 3.05) is 12.4 Å². The second-order valence-electron chi connectivity index (χ2n) is 5.40. The normalized spacial score (nSPS) is 12.1. The first-order valence-corrected chi connectivity index (χ1v) is 9.94. The molecule has 28 heavy (non-hydrogen) atoms. The first-order valence-electron chi connectivity index (χ1n) is 7.64. The fourth-order valence-electron chi connectivity index (χ4n) is 2.05. The topological polar surface area (TPSA) is 62.4 Å². The van der Waals surface area contributed by atoms with Gasteiger partial charge in [-0.25, -0.2) is 0 Å². The van der Waals surface area contributed by atoms with Crippen LogP contribution in [0, 0.1) is 0 Å². The van der Waals surface area contributed by atoms with Crippen LogP contribution in [0.5, 0.6) is 5.75 Å². The lowest BCUT2D eigenvalue weighted by molar-refractivity contribution is 0.0934. The summed E-state index contributed by atoms with van der Waals surface area (Å²) < 4.78 is 3.19. The third-order valence-electron chi connectivity index (χ3n) is 3.40. The molecule has 0 spiro atoms. The van der Waals surface area contributed by atoms with Crippen LogP contribution in [0.3, 0.4) is 0 Å². The molecule has 2 aromatic rings. The minimum atomic E-state index is -1.90. The first-order chi connectivity index (χ1) is 13.1. The molecule has 1 atom stereocenters. The van der Waals surface area contributed by atoms with Crippen molar-refractivity contribution in [1.82, 2.24) is 10.6 Å². The van der Waals surface area contributed by atoms with Crippen molar-refractivity contribution < 1.29 is 9.53 Å². The number of rotatable bonds is 5. The number of hydrogen-bond donors (Lipinski definition) is 3. The summed E-state index contributed by atoms with van der Waals surface area (Å²) in [6.45, 7) is 0. The Balaban J connectivity index is 2.08. The van der Waals surface area contributed by atoms with Crippen molar-refractivity contribution in [3.63, 3.8) is 0 Å². The van der Waals surface area contributed by atoms with Crippen LogP contribution in [-0.4, -0.2) is 28.1 Å². The molecule has 0 saturated heterocycles. The molecule has 0 aliphatic carbocycles. The van der Waals surface area contributed by atoms with Crippen molar-refractivity contribution in [3.8, 4) is 5.75 Å². The van der Waals surface area contributed by atoms with Gasteiger partial charge in [-0.3, -0.25) is 4.79 Å². The lowest BCUT2D eigenvalue weighted by Crippen LogP contribution is -2.56. The fourth-order valence-corrected chi connectivity index (χ4v) is 3.11. The number of amides is 1. The summed E-state index contributed by atoms with van der Waals surface area (Å²) >= 11 is 35.1. The lowest BCUT2D eigenvalue weighted by Gasteiger charge is -2.28. The van der Waals surface area contributed by atoms with Gasteiger partial charge in [0.2, 0.25) is 3.79 Å². The van der Waals surface area contributed by atoms with E-state index in [1.165, 1.54) is 18.2 Å². The van der Waals surface area contributed by atoms with E-state index in [1.807, 2.05) is 0 Å². The highest BCUT2D eigenvalue weighted by molar-refractivity contribution is 7.80. The largest absolute Gasteiger partial charge is 0.497 e. The van der Waals surface area contributed by atoms with Gasteiger partial charge >= 0.3 is 0 Å². The van der Waals surface area contributed by atoms with Crippen LogP contribution < -0.4 is 20.7 Å². The Labute approximate surface area is 192 Å². The Morgan fingerprint density at radius 1 is 1.07 bits per heavy atom.